The van der Waals surface area contributed by atoms with Gasteiger partial charge < -0.3 is 5.73 Å². The molecule has 3 rings (SSSR count). The van der Waals surface area contributed by atoms with Crippen molar-refractivity contribution in [2.75, 3.05) is 0 Å². The molecule has 0 amide bonds. The lowest BCUT2D eigenvalue weighted by Crippen LogP contribution is -2.18. The van der Waals surface area contributed by atoms with E-state index < -0.39 is 0 Å². The molecule has 1 aliphatic rings. The van der Waals surface area contributed by atoms with Gasteiger partial charge in [-0.1, -0.05) is 36.4 Å². The summed E-state index contributed by atoms with van der Waals surface area (Å²) < 4.78 is 13.0. The fraction of sp³-hybridized carbons (Fsp3) is 0.333. The summed E-state index contributed by atoms with van der Waals surface area (Å²) in [6, 6.07) is 15.2. The van der Waals surface area contributed by atoms with Crippen molar-refractivity contribution in [3.63, 3.8) is 0 Å². The minimum absolute atomic E-state index is 0.0215. The number of aryl methyl sites for hydroxylation is 1. The number of benzene rings is 2. The van der Waals surface area contributed by atoms with Gasteiger partial charge in [0.25, 0.3) is 0 Å². The zero-order valence-corrected chi connectivity index (χ0v) is 11.6. The third-order valence-electron chi connectivity index (χ3n) is 4.33. The van der Waals surface area contributed by atoms with Crippen LogP contribution in [0.5, 0.6) is 0 Å². The topological polar surface area (TPSA) is 26.0 Å². The van der Waals surface area contributed by atoms with Crippen LogP contribution < -0.4 is 5.73 Å². The van der Waals surface area contributed by atoms with Crippen LogP contribution >= 0.6 is 0 Å². The molecule has 0 radical (unpaired) electrons. The maximum Gasteiger partial charge on any atom is 0.123 e. The highest BCUT2D eigenvalue weighted by atomic mass is 19.1. The minimum Gasteiger partial charge on any atom is -0.324 e. The van der Waals surface area contributed by atoms with Crippen LogP contribution in [0.3, 0.4) is 0 Å². The van der Waals surface area contributed by atoms with Crippen molar-refractivity contribution in [1.29, 1.82) is 0 Å². The lowest BCUT2D eigenvalue weighted by atomic mass is 9.79. The largest absolute Gasteiger partial charge is 0.324 e. The third kappa shape index (κ3) is 2.75. The number of hydrogen-bond acceptors (Lipinski definition) is 1. The summed E-state index contributed by atoms with van der Waals surface area (Å²) in [6.45, 7) is 0. The lowest BCUT2D eigenvalue weighted by molar-refractivity contribution is 0.476. The van der Waals surface area contributed by atoms with E-state index in [4.69, 9.17) is 5.73 Å². The van der Waals surface area contributed by atoms with Gasteiger partial charge in [-0.3, -0.25) is 0 Å². The first-order valence-electron chi connectivity index (χ1n) is 7.33. The molecule has 0 bridgehead atoms. The van der Waals surface area contributed by atoms with E-state index in [1.807, 2.05) is 0 Å². The van der Waals surface area contributed by atoms with Crippen LogP contribution in [0.2, 0.25) is 0 Å². The van der Waals surface area contributed by atoms with Crippen LogP contribution in [0.25, 0.3) is 0 Å². The number of rotatable bonds is 3. The van der Waals surface area contributed by atoms with Crippen LogP contribution in [0.4, 0.5) is 4.39 Å². The van der Waals surface area contributed by atoms with Gasteiger partial charge in [0, 0.05) is 6.04 Å². The monoisotopic (exact) mass is 269 g/mol. The lowest BCUT2D eigenvalue weighted by Gasteiger charge is -2.27. The molecular weight excluding hydrogens is 249 g/mol. The van der Waals surface area contributed by atoms with Gasteiger partial charge in [0.1, 0.15) is 5.82 Å². The predicted molar refractivity (Wildman–Crippen MR) is 80.1 cm³/mol. The van der Waals surface area contributed by atoms with Crippen LogP contribution in [0.15, 0.2) is 48.5 Å². The van der Waals surface area contributed by atoms with Crippen molar-refractivity contribution in [2.24, 2.45) is 5.73 Å². The molecule has 2 heteroatoms. The normalized spacial score (nSPS) is 19.4. The molecule has 20 heavy (non-hydrogen) atoms. The molecule has 2 aromatic rings. The first-order chi connectivity index (χ1) is 9.74. The summed E-state index contributed by atoms with van der Waals surface area (Å²) >= 11 is 0. The highest BCUT2D eigenvalue weighted by molar-refractivity contribution is 5.33. The zero-order valence-electron chi connectivity index (χ0n) is 11.6. The van der Waals surface area contributed by atoms with Crippen LogP contribution in [0, 0.1) is 5.82 Å². The maximum atomic E-state index is 13.0. The standard InChI is InChI=1S/C18H20FN/c19-16-10-8-14(9-11-16)18(20)12-15-6-3-5-13-4-1-2-7-17(13)15/h1-2,4,7-11,15,18H,3,5-6,12,20H2. The summed E-state index contributed by atoms with van der Waals surface area (Å²) in [5.41, 5.74) is 10.3. The molecule has 0 fully saturated rings. The van der Waals surface area contributed by atoms with Crippen molar-refractivity contribution in [3.05, 3.63) is 71.0 Å². The summed E-state index contributed by atoms with van der Waals surface area (Å²) in [6.07, 6.45) is 4.55. The Hall–Kier alpha value is -1.67. The van der Waals surface area contributed by atoms with Gasteiger partial charge in [0.15, 0.2) is 0 Å². The van der Waals surface area contributed by atoms with Crippen molar-refractivity contribution in [1.82, 2.24) is 0 Å². The molecule has 2 aromatic carbocycles. The van der Waals surface area contributed by atoms with E-state index >= 15 is 0 Å². The molecule has 1 nitrogen and oxygen atoms in total. The molecule has 0 aromatic heterocycles. The Morgan fingerprint density at radius 1 is 1.10 bits per heavy atom. The summed E-state index contributed by atoms with van der Waals surface area (Å²) in [4.78, 5) is 0. The summed E-state index contributed by atoms with van der Waals surface area (Å²) in [5.74, 6) is 0.323. The number of hydrogen-bond donors (Lipinski definition) is 1. The van der Waals surface area contributed by atoms with Gasteiger partial charge in [0.2, 0.25) is 0 Å². The van der Waals surface area contributed by atoms with Crippen molar-refractivity contribution >= 4 is 0 Å². The van der Waals surface area contributed by atoms with Gasteiger partial charge in [-0.15, -0.1) is 0 Å². The Morgan fingerprint density at radius 3 is 2.65 bits per heavy atom. The molecule has 2 atom stereocenters. The molecule has 104 valence electrons. The molecular formula is C18H20FN. The second kappa shape index (κ2) is 5.76. The molecule has 0 heterocycles. The van der Waals surface area contributed by atoms with E-state index in [-0.39, 0.29) is 11.9 Å². The van der Waals surface area contributed by atoms with Crippen molar-refractivity contribution in [3.8, 4) is 0 Å². The predicted octanol–water partition coefficient (Wildman–Crippen LogP) is 4.34. The minimum atomic E-state index is -0.205. The van der Waals surface area contributed by atoms with E-state index in [1.54, 1.807) is 12.1 Å². The Kier molecular flexibility index (Phi) is 3.83. The maximum absolute atomic E-state index is 13.0. The SMILES string of the molecule is NC(CC1CCCc2ccccc21)c1ccc(F)cc1. The Labute approximate surface area is 119 Å². The summed E-state index contributed by atoms with van der Waals surface area (Å²) in [7, 11) is 0. The molecule has 1 aliphatic carbocycles. The third-order valence-corrected chi connectivity index (χ3v) is 4.33. The van der Waals surface area contributed by atoms with Crippen molar-refractivity contribution < 1.29 is 4.39 Å². The average Bonchev–Trinajstić information content (AvgIpc) is 2.48. The second-order valence-corrected chi connectivity index (χ2v) is 5.68. The number of fused-ring (bicyclic) bond motifs is 1. The second-order valence-electron chi connectivity index (χ2n) is 5.68. The average molecular weight is 269 g/mol. The van der Waals surface area contributed by atoms with E-state index in [0.717, 1.165) is 12.0 Å². The molecule has 2 unspecified atom stereocenters. The van der Waals surface area contributed by atoms with Gasteiger partial charge in [-0.25, -0.2) is 4.39 Å². The van der Waals surface area contributed by atoms with Gasteiger partial charge in [0.05, 0.1) is 0 Å². The van der Waals surface area contributed by atoms with Crippen LogP contribution in [-0.2, 0) is 6.42 Å². The number of nitrogens with two attached hydrogens (primary N) is 1. The zero-order chi connectivity index (χ0) is 13.9. The smallest absolute Gasteiger partial charge is 0.123 e. The van der Waals surface area contributed by atoms with Crippen molar-refractivity contribution in [2.45, 2.75) is 37.6 Å². The fourth-order valence-electron chi connectivity index (χ4n) is 3.25. The fourth-order valence-corrected chi connectivity index (χ4v) is 3.25. The Balaban J connectivity index is 1.77. The summed E-state index contributed by atoms with van der Waals surface area (Å²) in [5, 5.41) is 0. The number of halogens is 1. The Morgan fingerprint density at radius 2 is 1.85 bits per heavy atom. The van der Waals surface area contributed by atoms with E-state index in [9.17, 15) is 4.39 Å². The van der Waals surface area contributed by atoms with Crippen LogP contribution in [0.1, 0.15) is 47.9 Å². The first kappa shape index (κ1) is 13.3. The van der Waals surface area contributed by atoms with E-state index in [1.165, 1.54) is 42.5 Å². The molecule has 0 aliphatic heterocycles. The van der Waals surface area contributed by atoms with Crippen LogP contribution in [-0.4, -0.2) is 0 Å². The quantitative estimate of drug-likeness (QED) is 0.881. The van der Waals surface area contributed by atoms with Gasteiger partial charge >= 0.3 is 0 Å². The van der Waals surface area contributed by atoms with Gasteiger partial charge in [-0.05, 0) is 60.4 Å². The van der Waals surface area contributed by atoms with E-state index in [2.05, 4.69) is 24.3 Å². The molecule has 2 N–H and O–H groups in total. The molecule has 0 spiro atoms. The molecule has 0 saturated heterocycles. The first-order valence-corrected chi connectivity index (χ1v) is 7.33. The van der Waals surface area contributed by atoms with Gasteiger partial charge in [-0.2, -0.15) is 0 Å². The van der Waals surface area contributed by atoms with E-state index in [0.29, 0.717) is 5.92 Å². The highest BCUT2D eigenvalue weighted by Crippen LogP contribution is 2.36. The Bertz CT molecular complexity index is 576. The molecule has 0 saturated carbocycles. The highest BCUT2D eigenvalue weighted by Gasteiger charge is 2.22.